The van der Waals surface area contributed by atoms with Crippen LogP contribution in [0.15, 0.2) is 91.0 Å². The highest BCUT2D eigenvalue weighted by molar-refractivity contribution is 7.99. The van der Waals surface area contributed by atoms with Crippen molar-refractivity contribution in [2.24, 2.45) is 5.92 Å². The summed E-state index contributed by atoms with van der Waals surface area (Å²) in [6.07, 6.45) is 0.697. The van der Waals surface area contributed by atoms with Gasteiger partial charge in [0.25, 0.3) is 5.78 Å². The molecule has 44 heavy (non-hydrogen) atoms. The minimum Gasteiger partial charge on any atom is -0.475 e. The van der Waals surface area contributed by atoms with Gasteiger partial charge >= 0.3 is 5.97 Å². The molecule has 230 valence electrons. The lowest BCUT2D eigenvalue weighted by Crippen LogP contribution is -2.58. The van der Waals surface area contributed by atoms with Gasteiger partial charge in [-0.15, -0.1) is 11.8 Å². The van der Waals surface area contributed by atoms with E-state index in [-0.39, 0.29) is 30.4 Å². The first-order valence-corrected chi connectivity index (χ1v) is 15.6. The Kier molecular flexibility index (Phi) is 11.3. The van der Waals surface area contributed by atoms with Crippen LogP contribution in [-0.2, 0) is 36.8 Å². The molecule has 4 rings (SSSR count). The maximum absolute atomic E-state index is 14.3. The van der Waals surface area contributed by atoms with Gasteiger partial charge in [0.05, 0.1) is 0 Å². The minimum atomic E-state index is -1.65. The first-order valence-electron chi connectivity index (χ1n) is 14.6. The van der Waals surface area contributed by atoms with E-state index in [0.29, 0.717) is 12.0 Å². The number of carbonyl (C=O) groups is 5. The predicted molar refractivity (Wildman–Crippen MR) is 169 cm³/mol. The van der Waals surface area contributed by atoms with E-state index < -0.39 is 47.1 Å². The van der Waals surface area contributed by atoms with Crippen LogP contribution < -0.4 is 10.6 Å². The highest BCUT2D eigenvalue weighted by Gasteiger charge is 2.46. The van der Waals surface area contributed by atoms with Gasteiger partial charge in [-0.3, -0.25) is 19.2 Å². The molecule has 9 nitrogen and oxygen atoms in total. The van der Waals surface area contributed by atoms with E-state index in [2.05, 4.69) is 10.6 Å². The van der Waals surface area contributed by atoms with Crippen molar-refractivity contribution >= 4 is 41.2 Å². The lowest BCUT2D eigenvalue weighted by Gasteiger charge is -2.34. The quantitative estimate of drug-likeness (QED) is 0.249. The average molecular weight is 616 g/mol. The predicted octanol–water partition coefficient (Wildman–Crippen LogP) is 3.78. The molecule has 3 amide bonds. The van der Waals surface area contributed by atoms with Crippen molar-refractivity contribution in [2.45, 2.75) is 56.6 Å². The molecule has 0 aliphatic carbocycles. The Bertz CT molecular complexity index is 1450. The molecule has 1 fully saturated rings. The molecule has 0 radical (unpaired) electrons. The van der Waals surface area contributed by atoms with Crippen molar-refractivity contribution in [3.05, 3.63) is 108 Å². The van der Waals surface area contributed by atoms with E-state index in [0.717, 1.165) is 11.1 Å². The zero-order chi connectivity index (χ0) is 31.6. The summed E-state index contributed by atoms with van der Waals surface area (Å²) in [6, 6.07) is 24.5. The fraction of sp³-hybridized carbons (Fsp3) is 0.324. The molecule has 0 saturated carbocycles. The molecule has 1 heterocycles. The summed E-state index contributed by atoms with van der Waals surface area (Å²) in [6.45, 7) is 3.66. The topological polar surface area (TPSA) is 133 Å². The SMILES string of the molecule is CC(C)[C@H](NC(=O)CCc1ccccc1)C(=O)N1C(c2ccccc2)SC[C@H]1C(=O)N[C@@H](Cc1ccccc1)C(=O)C(=O)O. The minimum absolute atomic E-state index is 0.0142. The van der Waals surface area contributed by atoms with Crippen LogP contribution in [0, 0.1) is 5.92 Å². The Morgan fingerprint density at radius 1 is 0.841 bits per heavy atom. The van der Waals surface area contributed by atoms with Crippen molar-refractivity contribution in [3.8, 4) is 0 Å². The van der Waals surface area contributed by atoms with Gasteiger partial charge in [0.15, 0.2) is 0 Å². The van der Waals surface area contributed by atoms with E-state index in [1.807, 2.05) is 74.5 Å². The second-order valence-corrected chi connectivity index (χ2v) is 12.2. The Balaban J connectivity index is 1.57. The second-order valence-electron chi connectivity index (χ2n) is 11.1. The van der Waals surface area contributed by atoms with Crippen molar-refractivity contribution < 1.29 is 29.1 Å². The van der Waals surface area contributed by atoms with Crippen LogP contribution in [0.4, 0.5) is 0 Å². The average Bonchev–Trinajstić information content (AvgIpc) is 3.48. The van der Waals surface area contributed by atoms with Gasteiger partial charge < -0.3 is 20.6 Å². The first-order chi connectivity index (χ1) is 21.2. The third-order valence-corrected chi connectivity index (χ3v) is 8.82. The number of thioether (sulfide) groups is 1. The van der Waals surface area contributed by atoms with Gasteiger partial charge in [0.1, 0.15) is 23.5 Å². The van der Waals surface area contributed by atoms with Gasteiger partial charge in [-0.2, -0.15) is 0 Å². The van der Waals surface area contributed by atoms with E-state index in [4.69, 9.17) is 0 Å². The van der Waals surface area contributed by atoms with Crippen LogP contribution in [0.5, 0.6) is 0 Å². The largest absolute Gasteiger partial charge is 0.475 e. The molecule has 1 saturated heterocycles. The summed E-state index contributed by atoms with van der Waals surface area (Å²) in [4.78, 5) is 66.8. The standard InChI is InChI=1S/C34H37N3O6S/c1-22(2)29(36-28(38)19-18-23-12-6-3-7-13-23)32(41)37-27(21-44-33(37)25-16-10-5-11-17-25)31(40)35-26(30(39)34(42)43)20-24-14-8-4-9-15-24/h3-17,22,26-27,29,33H,18-21H2,1-2H3,(H,35,40)(H,36,38)(H,42,43)/t26-,27-,29-,33?/m0/s1. The molecular weight excluding hydrogens is 578 g/mol. The summed E-state index contributed by atoms with van der Waals surface area (Å²) >= 11 is 1.40. The molecule has 1 aliphatic rings. The number of carboxylic acids is 1. The normalized spacial score (nSPS) is 17.5. The zero-order valence-corrected chi connectivity index (χ0v) is 25.5. The molecular formula is C34H37N3O6S. The number of benzene rings is 3. The number of nitrogens with zero attached hydrogens (tertiary/aromatic N) is 1. The van der Waals surface area contributed by atoms with Gasteiger partial charge in [-0.1, -0.05) is 105 Å². The van der Waals surface area contributed by atoms with E-state index >= 15 is 0 Å². The van der Waals surface area contributed by atoms with Crippen LogP contribution in [0.3, 0.4) is 0 Å². The fourth-order valence-electron chi connectivity index (χ4n) is 5.15. The number of carbonyl (C=O) groups excluding carboxylic acids is 4. The van der Waals surface area contributed by atoms with Crippen molar-refractivity contribution in [3.63, 3.8) is 0 Å². The molecule has 4 atom stereocenters. The third-order valence-electron chi connectivity index (χ3n) is 7.50. The van der Waals surface area contributed by atoms with Crippen molar-refractivity contribution in [1.82, 2.24) is 15.5 Å². The highest BCUT2D eigenvalue weighted by Crippen LogP contribution is 2.42. The lowest BCUT2D eigenvalue weighted by atomic mass is 9.99. The first kappa shape index (κ1) is 32.5. The number of Topliss-reactive ketones (excluding diaryl/α,β-unsaturated/α-hetero) is 1. The second kappa shape index (κ2) is 15.3. The van der Waals surface area contributed by atoms with Crippen LogP contribution >= 0.6 is 11.8 Å². The maximum Gasteiger partial charge on any atom is 0.374 e. The zero-order valence-electron chi connectivity index (χ0n) is 24.7. The molecule has 3 N–H and O–H groups in total. The number of aryl methyl sites for hydroxylation is 1. The van der Waals surface area contributed by atoms with Crippen LogP contribution in [0.1, 0.15) is 42.3 Å². The molecule has 0 spiro atoms. The number of amides is 3. The molecule has 0 aromatic heterocycles. The third kappa shape index (κ3) is 8.35. The Hall–Kier alpha value is -4.44. The van der Waals surface area contributed by atoms with Gasteiger partial charge in [-0.25, -0.2) is 4.79 Å². The van der Waals surface area contributed by atoms with E-state index in [1.54, 1.807) is 30.3 Å². The summed E-state index contributed by atoms with van der Waals surface area (Å²) in [7, 11) is 0. The summed E-state index contributed by atoms with van der Waals surface area (Å²) < 4.78 is 0. The summed E-state index contributed by atoms with van der Waals surface area (Å²) in [5.41, 5.74) is 2.50. The smallest absolute Gasteiger partial charge is 0.374 e. The summed E-state index contributed by atoms with van der Waals surface area (Å²) in [5.74, 6) is -4.18. The molecule has 0 bridgehead atoms. The number of hydrogen-bond acceptors (Lipinski definition) is 6. The van der Waals surface area contributed by atoms with Crippen molar-refractivity contribution in [2.75, 3.05) is 5.75 Å². The van der Waals surface area contributed by atoms with Gasteiger partial charge in [-0.05, 0) is 29.0 Å². The Morgan fingerprint density at radius 2 is 1.41 bits per heavy atom. The lowest BCUT2D eigenvalue weighted by molar-refractivity contribution is -0.151. The molecule has 1 unspecified atom stereocenters. The van der Waals surface area contributed by atoms with Crippen molar-refractivity contribution in [1.29, 1.82) is 0 Å². The van der Waals surface area contributed by atoms with E-state index in [9.17, 15) is 29.1 Å². The number of carboxylic acid groups (broad SMARTS) is 1. The monoisotopic (exact) mass is 615 g/mol. The van der Waals surface area contributed by atoms with Crippen LogP contribution in [0.2, 0.25) is 0 Å². The Morgan fingerprint density at radius 3 is 1.98 bits per heavy atom. The van der Waals surface area contributed by atoms with Crippen LogP contribution in [0.25, 0.3) is 0 Å². The molecule has 3 aromatic rings. The summed E-state index contributed by atoms with van der Waals surface area (Å²) in [5, 5.41) is 14.5. The van der Waals surface area contributed by atoms with E-state index in [1.165, 1.54) is 16.7 Å². The number of aliphatic carboxylic acids is 1. The number of hydrogen-bond donors (Lipinski definition) is 3. The number of nitrogens with one attached hydrogen (secondary N) is 2. The molecule has 3 aromatic carbocycles. The molecule has 10 heteroatoms. The Labute approximate surface area is 261 Å². The molecule has 1 aliphatic heterocycles. The number of rotatable bonds is 13. The maximum atomic E-state index is 14.3. The number of ketones is 1. The highest BCUT2D eigenvalue weighted by atomic mass is 32.2. The van der Waals surface area contributed by atoms with Crippen LogP contribution in [-0.4, -0.2) is 63.4 Å². The van der Waals surface area contributed by atoms with Gasteiger partial charge in [0, 0.05) is 18.6 Å². The van der Waals surface area contributed by atoms with Gasteiger partial charge in [0.2, 0.25) is 17.7 Å². The fourth-order valence-corrected chi connectivity index (χ4v) is 6.59.